The molecule has 0 N–H and O–H groups in total. The first-order valence-electron chi connectivity index (χ1n) is 23.0. The number of hydrogen-bond acceptors (Lipinski definition) is 2. The van der Waals surface area contributed by atoms with Gasteiger partial charge in [0.1, 0.15) is 0 Å². The standard InChI is InChI=1S/C63H47N3/c1-5-17-45(18-6-1)29-40-57-55-25-13-14-26-56(55)60-43-53(38-41-58(57)60)64(48-19-7-2-8-20-48)51-34-30-46(31-35-51)47-32-36-52(37-33-47)65(49-21-9-3-10-22-49)54-39-42-63-61(44-54)59-27-15-16-28-62(59)66(63)50-23-11-4-12-24-50/h1-28,30-39,41-44,57H,29,40H2/t57-/m1/s1. The van der Waals surface area contributed by atoms with Crippen LogP contribution in [0.2, 0.25) is 0 Å². The van der Waals surface area contributed by atoms with E-state index in [1.807, 2.05) is 0 Å². The summed E-state index contributed by atoms with van der Waals surface area (Å²) in [6.45, 7) is 0. The van der Waals surface area contributed by atoms with Crippen LogP contribution in [-0.2, 0) is 6.42 Å². The first-order valence-corrected chi connectivity index (χ1v) is 23.0. The van der Waals surface area contributed by atoms with E-state index in [9.17, 15) is 0 Å². The summed E-state index contributed by atoms with van der Waals surface area (Å²) in [5.74, 6) is 0.373. The second-order valence-corrected chi connectivity index (χ2v) is 17.3. The van der Waals surface area contributed by atoms with E-state index in [0.717, 1.165) is 52.7 Å². The van der Waals surface area contributed by atoms with Crippen molar-refractivity contribution >= 4 is 55.9 Å². The minimum absolute atomic E-state index is 0.373. The van der Waals surface area contributed by atoms with E-state index in [2.05, 4.69) is 269 Å². The van der Waals surface area contributed by atoms with Gasteiger partial charge in [-0.1, -0.05) is 158 Å². The fourth-order valence-electron chi connectivity index (χ4n) is 10.3. The summed E-state index contributed by atoms with van der Waals surface area (Å²) in [6, 6.07) is 92.7. The number of hydrogen-bond donors (Lipinski definition) is 0. The van der Waals surface area contributed by atoms with Crippen LogP contribution in [0.5, 0.6) is 0 Å². The number of para-hydroxylation sites is 4. The molecule has 0 bridgehead atoms. The highest BCUT2D eigenvalue weighted by molar-refractivity contribution is 6.10. The van der Waals surface area contributed by atoms with Crippen LogP contribution in [0.1, 0.15) is 29.0 Å². The molecule has 0 saturated heterocycles. The van der Waals surface area contributed by atoms with E-state index in [-0.39, 0.29) is 0 Å². The zero-order chi connectivity index (χ0) is 43.8. The molecule has 0 aliphatic heterocycles. The predicted octanol–water partition coefficient (Wildman–Crippen LogP) is 17.1. The molecule has 0 radical (unpaired) electrons. The average Bonchev–Trinajstić information content (AvgIpc) is 3.89. The van der Waals surface area contributed by atoms with Gasteiger partial charge in [0.15, 0.2) is 0 Å². The lowest BCUT2D eigenvalue weighted by Gasteiger charge is -2.27. The van der Waals surface area contributed by atoms with Gasteiger partial charge in [-0.15, -0.1) is 0 Å². The van der Waals surface area contributed by atoms with Crippen LogP contribution in [-0.4, -0.2) is 4.57 Å². The zero-order valence-corrected chi connectivity index (χ0v) is 36.6. The number of fused-ring (bicyclic) bond motifs is 6. The number of aromatic nitrogens is 1. The molecule has 0 fully saturated rings. The van der Waals surface area contributed by atoms with E-state index >= 15 is 0 Å². The Hall–Kier alpha value is -8.40. The SMILES string of the molecule is c1ccc(CC[C@@H]2c3ccccc3-c3cc(N(c4ccccc4)c4ccc(-c5ccc(N(c6ccccc6)c6ccc7c(c6)c6ccccc6n7-c6ccccc6)cc5)cc4)ccc32)cc1. The molecular weight excluding hydrogens is 799 g/mol. The molecule has 3 heteroatoms. The van der Waals surface area contributed by atoms with Crippen LogP contribution < -0.4 is 9.80 Å². The molecule has 1 aromatic heterocycles. The molecule has 1 heterocycles. The third kappa shape index (κ3) is 7.12. The van der Waals surface area contributed by atoms with Gasteiger partial charge in [-0.25, -0.2) is 0 Å². The second-order valence-electron chi connectivity index (χ2n) is 17.3. The van der Waals surface area contributed by atoms with Crippen LogP contribution in [0.25, 0.3) is 49.7 Å². The molecule has 1 aliphatic carbocycles. The Bertz CT molecular complexity index is 3450. The van der Waals surface area contributed by atoms with Crippen molar-refractivity contribution in [2.75, 3.05) is 9.80 Å². The fraction of sp³-hybridized carbons (Fsp3) is 0.0476. The monoisotopic (exact) mass is 845 g/mol. The molecule has 1 atom stereocenters. The average molecular weight is 846 g/mol. The van der Waals surface area contributed by atoms with Crippen molar-refractivity contribution in [3.05, 3.63) is 271 Å². The molecular formula is C63H47N3. The van der Waals surface area contributed by atoms with Crippen LogP contribution in [0.4, 0.5) is 34.1 Å². The molecule has 1 aliphatic rings. The Morgan fingerprint density at radius 1 is 0.333 bits per heavy atom. The topological polar surface area (TPSA) is 11.4 Å². The normalized spacial score (nSPS) is 12.8. The van der Waals surface area contributed by atoms with Gasteiger partial charge >= 0.3 is 0 Å². The molecule has 3 nitrogen and oxygen atoms in total. The van der Waals surface area contributed by atoms with Crippen LogP contribution in [0.15, 0.2) is 255 Å². The van der Waals surface area contributed by atoms with Crippen LogP contribution in [0, 0.1) is 0 Å². The van der Waals surface area contributed by atoms with Crippen molar-refractivity contribution in [2.24, 2.45) is 0 Å². The molecule has 10 aromatic carbocycles. The number of anilines is 6. The van der Waals surface area contributed by atoms with Gasteiger partial charge in [0.25, 0.3) is 0 Å². The van der Waals surface area contributed by atoms with Gasteiger partial charge in [0.2, 0.25) is 0 Å². The van der Waals surface area contributed by atoms with E-state index in [0.29, 0.717) is 5.92 Å². The van der Waals surface area contributed by atoms with Crippen molar-refractivity contribution in [3.63, 3.8) is 0 Å². The molecule has 0 saturated carbocycles. The lowest BCUT2D eigenvalue weighted by atomic mass is 9.90. The van der Waals surface area contributed by atoms with Gasteiger partial charge in [0.05, 0.1) is 11.0 Å². The lowest BCUT2D eigenvalue weighted by molar-refractivity contribution is 0.729. The van der Waals surface area contributed by atoms with Crippen molar-refractivity contribution in [1.82, 2.24) is 4.57 Å². The summed E-state index contributed by atoms with van der Waals surface area (Å²) in [6.07, 6.45) is 2.13. The summed E-state index contributed by atoms with van der Waals surface area (Å²) in [5.41, 5.74) is 19.5. The summed E-state index contributed by atoms with van der Waals surface area (Å²) in [4.78, 5) is 4.75. The Morgan fingerprint density at radius 3 is 1.45 bits per heavy atom. The summed E-state index contributed by atoms with van der Waals surface area (Å²) in [5, 5.41) is 2.46. The fourth-order valence-corrected chi connectivity index (χ4v) is 10.3. The van der Waals surface area contributed by atoms with E-state index in [1.54, 1.807) is 0 Å². The van der Waals surface area contributed by atoms with Crippen molar-refractivity contribution in [3.8, 4) is 27.9 Å². The zero-order valence-electron chi connectivity index (χ0n) is 36.6. The Morgan fingerprint density at radius 2 is 0.803 bits per heavy atom. The minimum Gasteiger partial charge on any atom is -0.310 e. The molecule has 12 rings (SSSR count). The third-order valence-corrected chi connectivity index (χ3v) is 13.4. The highest BCUT2D eigenvalue weighted by Crippen LogP contribution is 2.49. The maximum atomic E-state index is 2.41. The van der Waals surface area contributed by atoms with Crippen molar-refractivity contribution in [1.29, 1.82) is 0 Å². The minimum atomic E-state index is 0.373. The number of rotatable bonds is 11. The molecule has 66 heavy (non-hydrogen) atoms. The van der Waals surface area contributed by atoms with Gasteiger partial charge < -0.3 is 14.4 Å². The van der Waals surface area contributed by atoms with E-state index < -0.39 is 0 Å². The third-order valence-electron chi connectivity index (χ3n) is 13.4. The van der Waals surface area contributed by atoms with Gasteiger partial charge in [-0.3, -0.25) is 0 Å². The van der Waals surface area contributed by atoms with Crippen molar-refractivity contribution in [2.45, 2.75) is 18.8 Å². The first kappa shape index (κ1) is 39.2. The molecule has 0 spiro atoms. The van der Waals surface area contributed by atoms with E-state index in [4.69, 9.17) is 0 Å². The maximum Gasteiger partial charge on any atom is 0.0542 e. The predicted molar refractivity (Wildman–Crippen MR) is 278 cm³/mol. The Kier molecular flexibility index (Phi) is 10.1. The summed E-state index contributed by atoms with van der Waals surface area (Å²) < 4.78 is 2.37. The highest BCUT2D eigenvalue weighted by Gasteiger charge is 2.29. The maximum absolute atomic E-state index is 2.41. The number of nitrogens with zero attached hydrogens (tertiary/aromatic N) is 3. The van der Waals surface area contributed by atoms with Gasteiger partial charge in [0, 0.05) is 56.5 Å². The quantitative estimate of drug-likeness (QED) is 0.128. The molecule has 11 aromatic rings. The van der Waals surface area contributed by atoms with Crippen LogP contribution in [0.3, 0.4) is 0 Å². The van der Waals surface area contributed by atoms with Gasteiger partial charge in [-0.2, -0.15) is 0 Å². The second kappa shape index (κ2) is 17.0. The summed E-state index contributed by atoms with van der Waals surface area (Å²) >= 11 is 0. The summed E-state index contributed by atoms with van der Waals surface area (Å²) in [7, 11) is 0. The number of aryl methyl sites for hydroxylation is 1. The lowest BCUT2D eigenvalue weighted by Crippen LogP contribution is -2.10. The van der Waals surface area contributed by atoms with Crippen LogP contribution >= 0.6 is 0 Å². The Labute approximate surface area is 386 Å². The van der Waals surface area contributed by atoms with Gasteiger partial charge in [-0.05, 0) is 149 Å². The smallest absolute Gasteiger partial charge is 0.0542 e. The first-order chi connectivity index (χ1) is 32.7. The molecule has 0 amide bonds. The van der Waals surface area contributed by atoms with E-state index in [1.165, 1.54) is 60.8 Å². The highest BCUT2D eigenvalue weighted by atomic mass is 15.1. The Balaban J connectivity index is 0.868. The molecule has 314 valence electrons. The number of benzene rings is 10. The molecule has 0 unspecified atom stereocenters. The largest absolute Gasteiger partial charge is 0.310 e. The van der Waals surface area contributed by atoms with Crippen molar-refractivity contribution < 1.29 is 0 Å².